The molecule has 1 unspecified atom stereocenters. The average Bonchev–Trinajstić information content (AvgIpc) is 3.27. The van der Waals surface area contributed by atoms with Gasteiger partial charge in [-0.05, 0) is 0 Å². The molecule has 1 aromatic heterocycles. The van der Waals surface area contributed by atoms with E-state index < -0.39 is 23.2 Å². The van der Waals surface area contributed by atoms with E-state index in [1.165, 1.54) is 28.6 Å². The minimum Gasteiger partial charge on any atom is -1.00 e. The van der Waals surface area contributed by atoms with Gasteiger partial charge in [-0.3, -0.25) is 0 Å². The second-order valence-electron chi connectivity index (χ2n) is 6.33. The van der Waals surface area contributed by atoms with Crippen LogP contribution in [0.1, 0.15) is 21.2 Å². The standard InChI is InChI=1S/C16H12N.C5H5.2ClH.Zr/c1-17-15-9-5-4-8-13(15)14-10-11-6-2-3-7-12(11)16(14)17;1-2-4-5-3-1;;;/h2-10H,1H3;1-3H,4H2;2*1H;/q;;;;+2/p-2. The van der Waals surface area contributed by atoms with E-state index in [2.05, 4.69) is 78.4 Å². The molecule has 2 aliphatic carbocycles. The van der Waals surface area contributed by atoms with Crippen LogP contribution in [-0.2, 0) is 30.3 Å². The number of aryl methyl sites for hydroxylation is 1. The Morgan fingerprint density at radius 1 is 1.00 bits per heavy atom. The number of fused-ring (bicyclic) bond motifs is 5. The number of benzene rings is 2. The van der Waals surface area contributed by atoms with Crippen LogP contribution in [0.15, 0.2) is 70.0 Å². The third-order valence-electron chi connectivity index (χ3n) is 5.06. The summed E-state index contributed by atoms with van der Waals surface area (Å²) >= 11 is -0.673. The normalized spacial score (nSPS) is 16.5. The van der Waals surface area contributed by atoms with Crippen LogP contribution in [0.4, 0.5) is 0 Å². The van der Waals surface area contributed by atoms with Gasteiger partial charge in [0.25, 0.3) is 0 Å². The maximum Gasteiger partial charge on any atom is -1.00 e. The second kappa shape index (κ2) is 7.27. The molecule has 0 saturated carbocycles. The van der Waals surface area contributed by atoms with E-state index in [1.54, 1.807) is 14.4 Å². The van der Waals surface area contributed by atoms with Crippen molar-refractivity contribution in [2.75, 3.05) is 0 Å². The van der Waals surface area contributed by atoms with Gasteiger partial charge in [-0.2, -0.15) is 0 Å². The summed E-state index contributed by atoms with van der Waals surface area (Å²) < 4.78 is 4.78. The largest absolute Gasteiger partial charge is 1.00 e. The summed E-state index contributed by atoms with van der Waals surface area (Å²) in [4.78, 5) is 0. The predicted octanol–water partition coefficient (Wildman–Crippen LogP) is -0.818. The number of aromatic nitrogens is 1. The molecule has 1 heterocycles. The molecular weight excluding hydrogens is 428 g/mol. The van der Waals surface area contributed by atoms with Crippen LogP contribution in [0.25, 0.3) is 22.2 Å². The van der Waals surface area contributed by atoms with Crippen LogP contribution in [0.2, 0.25) is 0 Å². The van der Waals surface area contributed by atoms with Gasteiger partial charge in [-0.25, -0.2) is 0 Å². The zero-order valence-corrected chi connectivity index (χ0v) is 17.8. The Bertz CT molecular complexity index is 1000. The van der Waals surface area contributed by atoms with E-state index >= 15 is 0 Å². The van der Waals surface area contributed by atoms with Gasteiger partial charge in [0.1, 0.15) is 0 Å². The molecule has 0 amide bonds. The summed E-state index contributed by atoms with van der Waals surface area (Å²) in [6.45, 7) is 0. The Morgan fingerprint density at radius 3 is 2.56 bits per heavy atom. The van der Waals surface area contributed by atoms with Gasteiger partial charge >= 0.3 is 148 Å². The van der Waals surface area contributed by atoms with Crippen LogP contribution in [-0.4, -0.2) is 4.57 Å². The van der Waals surface area contributed by atoms with Crippen molar-refractivity contribution in [3.8, 4) is 11.3 Å². The van der Waals surface area contributed by atoms with Crippen molar-refractivity contribution in [3.05, 3.63) is 81.2 Å². The summed E-state index contributed by atoms with van der Waals surface area (Å²) in [5.74, 6) is 0. The molecule has 0 radical (unpaired) electrons. The van der Waals surface area contributed by atoms with Crippen LogP contribution in [0, 0.1) is 0 Å². The van der Waals surface area contributed by atoms with Crippen molar-refractivity contribution < 1.29 is 48.0 Å². The molecular formula is C21H17Cl2NZr. The maximum atomic E-state index is 2.41. The topological polar surface area (TPSA) is 4.93 Å². The minimum atomic E-state index is -0.673. The zero-order valence-electron chi connectivity index (χ0n) is 13.8. The van der Waals surface area contributed by atoms with E-state index in [4.69, 9.17) is 0 Å². The van der Waals surface area contributed by atoms with Gasteiger partial charge in [-0.15, -0.1) is 0 Å². The van der Waals surface area contributed by atoms with Crippen molar-refractivity contribution in [1.29, 1.82) is 0 Å². The van der Waals surface area contributed by atoms with E-state index in [0.29, 0.717) is 3.63 Å². The Balaban J connectivity index is 0.000000911. The number of hydrogen-bond donors (Lipinski definition) is 0. The van der Waals surface area contributed by atoms with Crippen LogP contribution >= 0.6 is 0 Å². The van der Waals surface area contributed by atoms with Crippen molar-refractivity contribution in [1.82, 2.24) is 4.57 Å². The molecule has 5 rings (SSSR count). The summed E-state index contributed by atoms with van der Waals surface area (Å²) in [5.41, 5.74) is 7.45. The molecule has 2 aliphatic rings. The Labute approximate surface area is 172 Å². The van der Waals surface area contributed by atoms with Gasteiger partial charge < -0.3 is 24.8 Å². The van der Waals surface area contributed by atoms with Gasteiger partial charge in [0, 0.05) is 0 Å². The molecule has 2 aromatic carbocycles. The number of rotatable bonds is 2. The fourth-order valence-corrected chi connectivity index (χ4v) is 8.09. The molecule has 25 heavy (non-hydrogen) atoms. The number of para-hydroxylation sites is 1. The van der Waals surface area contributed by atoms with Gasteiger partial charge in [0.05, 0.1) is 0 Å². The first kappa shape index (κ1) is 18.7. The number of nitrogens with zero attached hydrogens (tertiary/aromatic N) is 1. The van der Waals surface area contributed by atoms with Crippen molar-refractivity contribution >= 4 is 10.9 Å². The summed E-state index contributed by atoms with van der Waals surface area (Å²) in [5, 5.41) is 1.46. The van der Waals surface area contributed by atoms with Crippen LogP contribution in [0.3, 0.4) is 0 Å². The van der Waals surface area contributed by atoms with E-state index in [0.717, 1.165) is 0 Å². The fraction of sp³-hybridized carbons (Fsp3) is 0.143. The van der Waals surface area contributed by atoms with Crippen molar-refractivity contribution in [3.63, 3.8) is 0 Å². The summed E-state index contributed by atoms with van der Waals surface area (Å²) in [6, 6.07) is 18.0. The van der Waals surface area contributed by atoms with Gasteiger partial charge in [0.15, 0.2) is 0 Å². The Morgan fingerprint density at radius 2 is 1.76 bits per heavy atom. The van der Waals surface area contributed by atoms with Crippen molar-refractivity contribution in [2.24, 2.45) is 7.05 Å². The third-order valence-corrected chi connectivity index (χ3v) is 9.07. The molecule has 1 atom stereocenters. The first-order valence-corrected chi connectivity index (χ1v) is 10.8. The molecule has 0 N–H and O–H groups in total. The van der Waals surface area contributed by atoms with E-state index in [1.807, 2.05) is 0 Å². The first-order chi connectivity index (χ1) is 11.3. The molecule has 0 saturated heterocycles. The third kappa shape index (κ3) is 2.79. The molecule has 0 bridgehead atoms. The van der Waals surface area contributed by atoms with Crippen molar-refractivity contribution in [2.45, 2.75) is 10.0 Å². The molecule has 0 fully saturated rings. The second-order valence-corrected chi connectivity index (χ2v) is 10.0. The number of halogens is 2. The van der Waals surface area contributed by atoms with Gasteiger partial charge in [0.2, 0.25) is 0 Å². The quantitative estimate of drug-likeness (QED) is 0.486. The molecule has 0 spiro atoms. The number of allylic oxidation sites excluding steroid dienone is 4. The Kier molecular flexibility index (Phi) is 5.44. The SMILES string of the molecule is Cn1c2c(c3ccccc31)[CH]([Zr+2][C]1=CC=CC1)c1ccccc1-2.[Cl-].[Cl-]. The smallest absolute Gasteiger partial charge is 1.00 e. The average molecular weight is 446 g/mol. The van der Waals surface area contributed by atoms with Crippen LogP contribution in [0.5, 0.6) is 0 Å². The molecule has 124 valence electrons. The molecule has 4 heteroatoms. The molecule has 1 nitrogen and oxygen atoms in total. The minimum absolute atomic E-state index is 0. The van der Waals surface area contributed by atoms with E-state index in [9.17, 15) is 0 Å². The maximum absolute atomic E-state index is 2.41. The van der Waals surface area contributed by atoms with Crippen LogP contribution < -0.4 is 24.8 Å². The summed E-state index contributed by atoms with van der Waals surface area (Å²) in [6.07, 6.45) is 8.10. The first-order valence-electron chi connectivity index (χ1n) is 8.13. The monoisotopic (exact) mass is 443 g/mol. The van der Waals surface area contributed by atoms with E-state index in [-0.39, 0.29) is 24.8 Å². The zero-order chi connectivity index (χ0) is 15.4. The Hall–Kier alpha value is -1.08. The molecule has 3 aromatic rings. The summed E-state index contributed by atoms with van der Waals surface area (Å²) in [7, 11) is 2.22. The molecule has 0 aliphatic heterocycles. The number of hydrogen-bond acceptors (Lipinski definition) is 0. The van der Waals surface area contributed by atoms with Gasteiger partial charge in [-0.1, -0.05) is 0 Å². The predicted molar refractivity (Wildman–Crippen MR) is 92.0 cm³/mol. The fourth-order valence-electron chi connectivity index (χ4n) is 4.05.